The Morgan fingerprint density at radius 2 is 1.64 bits per heavy atom. The van der Waals surface area contributed by atoms with Crippen LogP contribution >= 0.6 is 0 Å². The fourth-order valence-electron chi connectivity index (χ4n) is 0.385. The summed E-state index contributed by atoms with van der Waals surface area (Å²) >= 11 is 0. The Bertz CT molecular complexity index is 173. The van der Waals surface area contributed by atoms with Crippen LogP contribution in [0.25, 0.3) is 0 Å². The first-order valence-electron chi connectivity index (χ1n) is 3.31. The van der Waals surface area contributed by atoms with Gasteiger partial charge in [-0.1, -0.05) is 0 Å². The second kappa shape index (κ2) is 3.85. The molecule has 0 aromatic rings. The van der Waals surface area contributed by atoms with Crippen LogP contribution in [0.15, 0.2) is 11.9 Å². The first-order valence-corrected chi connectivity index (χ1v) is 3.31. The molecule has 0 radical (unpaired) electrons. The van der Waals surface area contributed by atoms with Crippen LogP contribution in [0.1, 0.15) is 0 Å². The van der Waals surface area contributed by atoms with Gasteiger partial charge in [0.2, 0.25) is 5.91 Å². The highest BCUT2D eigenvalue weighted by Crippen LogP contribution is 1.90. The average molecular weight is 157 g/mol. The molecule has 0 rings (SSSR count). The number of hydrogen-bond acceptors (Lipinski definition) is 3. The second-order valence-corrected chi connectivity index (χ2v) is 2.70. The van der Waals surface area contributed by atoms with Gasteiger partial charge in [0.25, 0.3) is 0 Å². The SMILES string of the molecule is CN(C)C(=O)C=C(N)N(C)C. The maximum atomic E-state index is 11.0. The van der Waals surface area contributed by atoms with E-state index in [2.05, 4.69) is 0 Å². The molecule has 0 unspecified atom stereocenters. The Balaban J connectivity index is 4.20. The molecule has 11 heavy (non-hydrogen) atoms. The van der Waals surface area contributed by atoms with E-state index in [0.717, 1.165) is 0 Å². The van der Waals surface area contributed by atoms with Crippen LogP contribution < -0.4 is 5.73 Å². The van der Waals surface area contributed by atoms with Gasteiger partial charge >= 0.3 is 0 Å². The summed E-state index contributed by atoms with van der Waals surface area (Å²) in [5, 5.41) is 0. The van der Waals surface area contributed by atoms with Gasteiger partial charge in [-0.3, -0.25) is 4.79 Å². The van der Waals surface area contributed by atoms with Crippen LogP contribution in [0.2, 0.25) is 0 Å². The Morgan fingerprint density at radius 1 is 1.18 bits per heavy atom. The Morgan fingerprint density at radius 3 is 1.91 bits per heavy atom. The van der Waals surface area contributed by atoms with E-state index >= 15 is 0 Å². The van der Waals surface area contributed by atoms with Crippen molar-refractivity contribution in [2.45, 2.75) is 0 Å². The van der Waals surface area contributed by atoms with Crippen molar-refractivity contribution in [1.29, 1.82) is 0 Å². The molecule has 0 aliphatic carbocycles. The van der Waals surface area contributed by atoms with E-state index in [1.165, 1.54) is 11.0 Å². The van der Waals surface area contributed by atoms with Crippen LogP contribution in [0.3, 0.4) is 0 Å². The van der Waals surface area contributed by atoms with Gasteiger partial charge in [-0.25, -0.2) is 0 Å². The highest BCUT2D eigenvalue weighted by molar-refractivity contribution is 5.87. The molecular formula is C7H15N3O. The number of rotatable bonds is 2. The van der Waals surface area contributed by atoms with Gasteiger partial charge < -0.3 is 15.5 Å². The maximum Gasteiger partial charge on any atom is 0.249 e. The summed E-state index contributed by atoms with van der Waals surface area (Å²) in [5.41, 5.74) is 5.49. The number of amides is 1. The van der Waals surface area contributed by atoms with E-state index in [4.69, 9.17) is 5.73 Å². The van der Waals surface area contributed by atoms with Crippen molar-refractivity contribution >= 4 is 5.91 Å². The zero-order valence-electron chi connectivity index (χ0n) is 7.46. The zero-order valence-corrected chi connectivity index (χ0v) is 7.46. The Kier molecular flexibility index (Phi) is 3.44. The molecule has 0 heterocycles. The van der Waals surface area contributed by atoms with Crippen LogP contribution in [-0.2, 0) is 4.79 Å². The van der Waals surface area contributed by atoms with Crippen molar-refractivity contribution in [2.24, 2.45) is 5.73 Å². The normalized spacial score (nSPS) is 11.1. The lowest BCUT2D eigenvalue weighted by Crippen LogP contribution is -2.25. The van der Waals surface area contributed by atoms with Crippen LogP contribution in [-0.4, -0.2) is 43.9 Å². The van der Waals surface area contributed by atoms with Gasteiger partial charge in [0.05, 0.1) is 0 Å². The Hall–Kier alpha value is -1.19. The molecule has 4 heteroatoms. The standard InChI is InChI=1S/C7H15N3O/c1-9(2)6(8)5-7(11)10(3)4/h5H,8H2,1-4H3. The monoisotopic (exact) mass is 157 g/mol. The molecule has 0 bridgehead atoms. The summed E-state index contributed by atoms with van der Waals surface area (Å²) in [6.07, 6.45) is 1.39. The fourth-order valence-corrected chi connectivity index (χ4v) is 0.385. The largest absolute Gasteiger partial charge is 0.385 e. The average Bonchev–Trinajstić information content (AvgIpc) is 1.87. The van der Waals surface area contributed by atoms with Crippen molar-refractivity contribution in [3.8, 4) is 0 Å². The lowest BCUT2D eigenvalue weighted by Gasteiger charge is -2.13. The highest BCUT2D eigenvalue weighted by atomic mass is 16.2. The van der Waals surface area contributed by atoms with Crippen molar-refractivity contribution < 1.29 is 4.79 Å². The molecule has 0 aromatic heterocycles. The van der Waals surface area contributed by atoms with Crippen molar-refractivity contribution in [2.75, 3.05) is 28.2 Å². The third-order valence-corrected chi connectivity index (χ3v) is 1.23. The fraction of sp³-hybridized carbons (Fsp3) is 0.571. The lowest BCUT2D eigenvalue weighted by atomic mass is 10.5. The molecule has 2 N–H and O–H groups in total. The molecule has 0 fully saturated rings. The van der Waals surface area contributed by atoms with Gasteiger partial charge in [-0.05, 0) is 0 Å². The van der Waals surface area contributed by atoms with Gasteiger partial charge in [0.15, 0.2) is 0 Å². The van der Waals surface area contributed by atoms with Gasteiger partial charge in [0.1, 0.15) is 5.82 Å². The molecule has 0 aliphatic rings. The van der Waals surface area contributed by atoms with Crippen molar-refractivity contribution in [3.05, 3.63) is 11.9 Å². The number of nitrogens with two attached hydrogens (primary N) is 1. The summed E-state index contributed by atoms with van der Waals surface area (Å²) in [6, 6.07) is 0. The topological polar surface area (TPSA) is 49.6 Å². The second-order valence-electron chi connectivity index (χ2n) is 2.70. The lowest BCUT2D eigenvalue weighted by molar-refractivity contribution is -0.123. The highest BCUT2D eigenvalue weighted by Gasteiger charge is 2.00. The van der Waals surface area contributed by atoms with Gasteiger partial charge in [-0.2, -0.15) is 0 Å². The third kappa shape index (κ3) is 3.50. The number of likely N-dealkylation sites (N-methyl/N-ethyl adjacent to an activating group) is 1. The molecule has 0 spiro atoms. The summed E-state index contributed by atoms with van der Waals surface area (Å²) in [6.45, 7) is 0. The van der Waals surface area contributed by atoms with Crippen LogP contribution in [0.4, 0.5) is 0 Å². The molecule has 1 amide bonds. The van der Waals surface area contributed by atoms with Gasteiger partial charge in [0, 0.05) is 34.3 Å². The molecule has 4 nitrogen and oxygen atoms in total. The number of carbonyl (C=O) groups is 1. The van der Waals surface area contributed by atoms with Crippen molar-refractivity contribution in [1.82, 2.24) is 9.80 Å². The molecule has 64 valence electrons. The van der Waals surface area contributed by atoms with Crippen LogP contribution in [0.5, 0.6) is 0 Å². The summed E-state index contributed by atoms with van der Waals surface area (Å²) in [5.74, 6) is 0.361. The summed E-state index contributed by atoms with van der Waals surface area (Å²) < 4.78 is 0. The van der Waals surface area contributed by atoms with Crippen LogP contribution in [0, 0.1) is 0 Å². The first kappa shape index (κ1) is 9.81. The van der Waals surface area contributed by atoms with E-state index in [1.807, 2.05) is 0 Å². The number of nitrogens with zero attached hydrogens (tertiary/aromatic N) is 2. The molecule has 0 aromatic carbocycles. The molecular weight excluding hydrogens is 142 g/mol. The Labute approximate surface area is 67.3 Å². The zero-order chi connectivity index (χ0) is 9.02. The predicted molar refractivity (Wildman–Crippen MR) is 44.7 cm³/mol. The first-order chi connectivity index (χ1) is 4.95. The molecule has 0 atom stereocenters. The molecule has 0 aliphatic heterocycles. The van der Waals surface area contributed by atoms with E-state index in [9.17, 15) is 4.79 Å². The minimum atomic E-state index is -0.101. The van der Waals surface area contributed by atoms with Gasteiger partial charge in [-0.15, -0.1) is 0 Å². The molecule has 0 saturated carbocycles. The quantitative estimate of drug-likeness (QED) is 0.546. The number of hydrogen-bond donors (Lipinski definition) is 1. The van der Waals surface area contributed by atoms with E-state index in [-0.39, 0.29) is 5.91 Å². The summed E-state index contributed by atoms with van der Waals surface area (Å²) in [7, 11) is 6.94. The van der Waals surface area contributed by atoms with Crippen molar-refractivity contribution in [3.63, 3.8) is 0 Å². The third-order valence-electron chi connectivity index (χ3n) is 1.23. The molecule has 0 saturated heterocycles. The minimum Gasteiger partial charge on any atom is -0.385 e. The maximum absolute atomic E-state index is 11.0. The minimum absolute atomic E-state index is 0.101. The predicted octanol–water partition coefficient (Wildman–Crippen LogP) is -0.564. The van der Waals surface area contributed by atoms with E-state index < -0.39 is 0 Å². The summed E-state index contributed by atoms with van der Waals surface area (Å²) in [4.78, 5) is 14.2. The smallest absolute Gasteiger partial charge is 0.249 e. The van der Waals surface area contributed by atoms with E-state index in [1.54, 1.807) is 33.1 Å². The number of carbonyl (C=O) groups excluding carboxylic acids is 1. The van der Waals surface area contributed by atoms with E-state index in [0.29, 0.717) is 5.82 Å².